The lowest BCUT2D eigenvalue weighted by atomic mass is 9.96. The number of hydrogen-bond donors (Lipinski definition) is 0. The number of likely N-dealkylation sites (tertiary alicyclic amines) is 1. The van der Waals surface area contributed by atoms with Crippen molar-refractivity contribution in [1.82, 2.24) is 4.90 Å². The first-order valence-electron chi connectivity index (χ1n) is 9.22. The molecule has 5 heteroatoms. The molecule has 1 aromatic heterocycles. The fraction of sp³-hybridized carbons (Fsp3) is 0.273. The van der Waals surface area contributed by atoms with Crippen molar-refractivity contribution in [2.24, 2.45) is 0 Å². The number of nitrogens with zero attached hydrogens (tertiary/aromatic N) is 1. The van der Waals surface area contributed by atoms with Crippen LogP contribution in [-0.2, 0) is 16.4 Å². The normalized spacial score (nSPS) is 23.3. The Labute approximate surface area is 159 Å². The van der Waals surface area contributed by atoms with Crippen LogP contribution in [0.1, 0.15) is 22.6 Å². The lowest BCUT2D eigenvalue weighted by molar-refractivity contribution is 0.325. The molecule has 2 aromatic carbocycles. The first-order chi connectivity index (χ1) is 13.0. The van der Waals surface area contributed by atoms with Gasteiger partial charge >= 0.3 is 0 Å². The third kappa shape index (κ3) is 2.73. The van der Waals surface area contributed by atoms with E-state index < -0.39 is 9.84 Å². The molecule has 27 heavy (non-hydrogen) atoms. The van der Waals surface area contributed by atoms with E-state index in [1.165, 1.54) is 11.1 Å². The summed E-state index contributed by atoms with van der Waals surface area (Å²) >= 11 is 0. The minimum absolute atomic E-state index is 0.0321. The number of hydrogen-bond acceptors (Lipinski definition) is 4. The maximum absolute atomic E-state index is 13.1. The van der Waals surface area contributed by atoms with Gasteiger partial charge in [0.2, 0.25) is 0 Å². The molecule has 0 amide bonds. The van der Waals surface area contributed by atoms with Crippen molar-refractivity contribution in [2.45, 2.75) is 29.5 Å². The summed E-state index contributed by atoms with van der Waals surface area (Å²) in [5, 5.41) is -0.343. The van der Waals surface area contributed by atoms with Crippen LogP contribution in [0.3, 0.4) is 0 Å². The second kappa shape index (κ2) is 6.08. The molecule has 0 bridgehead atoms. The summed E-state index contributed by atoms with van der Waals surface area (Å²) in [5.41, 5.74) is 4.34. The van der Waals surface area contributed by atoms with Crippen LogP contribution in [0.5, 0.6) is 0 Å². The van der Waals surface area contributed by atoms with Crippen molar-refractivity contribution in [3.63, 3.8) is 0 Å². The molecule has 2 aliphatic rings. The molecular weight excluding hydrogens is 358 g/mol. The number of sulfone groups is 1. The monoisotopic (exact) mass is 379 g/mol. The Morgan fingerprint density at radius 1 is 1.07 bits per heavy atom. The van der Waals surface area contributed by atoms with E-state index in [9.17, 15) is 8.42 Å². The van der Waals surface area contributed by atoms with Gasteiger partial charge in [-0.2, -0.15) is 0 Å². The Hall–Kier alpha value is -2.37. The van der Waals surface area contributed by atoms with Crippen molar-refractivity contribution in [2.75, 3.05) is 13.1 Å². The topological polar surface area (TPSA) is 50.5 Å². The molecule has 0 radical (unpaired) electrons. The summed E-state index contributed by atoms with van der Waals surface area (Å²) in [6.45, 7) is 4.23. The lowest BCUT2D eigenvalue weighted by Gasteiger charge is -2.17. The predicted molar refractivity (Wildman–Crippen MR) is 104 cm³/mol. The van der Waals surface area contributed by atoms with Crippen molar-refractivity contribution in [3.05, 3.63) is 77.6 Å². The SMILES string of the molecule is Cc1cccc(CN2C[C@@H]3c4cc(-c5ccco5)ccc4S(=O)(=O)[C@@H]3C2)c1. The largest absolute Gasteiger partial charge is 0.464 e. The van der Waals surface area contributed by atoms with Crippen molar-refractivity contribution in [3.8, 4) is 11.3 Å². The summed E-state index contributed by atoms with van der Waals surface area (Å²) in [6, 6.07) is 17.8. The van der Waals surface area contributed by atoms with Crippen LogP contribution in [-0.4, -0.2) is 31.7 Å². The van der Waals surface area contributed by atoms with Gasteiger partial charge in [-0.3, -0.25) is 4.90 Å². The third-order valence-corrected chi connectivity index (χ3v) is 8.01. The average Bonchev–Trinajstić information content (AvgIpc) is 3.34. The van der Waals surface area contributed by atoms with Gasteiger partial charge in [0.25, 0.3) is 0 Å². The maximum atomic E-state index is 13.1. The van der Waals surface area contributed by atoms with Crippen molar-refractivity contribution < 1.29 is 12.8 Å². The highest BCUT2D eigenvalue weighted by molar-refractivity contribution is 7.92. The Morgan fingerprint density at radius 2 is 1.96 bits per heavy atom. The zero-order valence-corrected chi connectivity index (χ0v) is 15.9. The van der Waals surface area contributed by atoms with Crippen LogP contribution in [0.2, 0.25) is 0 Å². The Kier molecular flexibility index (Phi) is 3.78. The van der Waals surface area contributed by atoms with E-state index in [2.05, 4.69) is 36.1 Å². The van der Waals surface area contributed by atoms with Crippen LogP contribution < -0.4 is 0 Å². The highest BCUT2D eigenvalue weighted by atomic mass is 32.2. The van der Waals surface area contributed by atoms with Crippen LogP contribution in [0.25, 0.3) is 11.3 Å². The molecule has 0 spiro atoms. The molecule has 0 unspecified atom stereocenters. The van der Waals surface area contributed by atoms with Crippen LogP contribution >= 0.6 is 0 Å². The van der Waals surface area contributed by atoms with Gasteiger partial charge in [-0.15, -0.1) is 0 Å². The Morgan fingerprint density at radius 3 is 2.74 bits per heavy atom. The van der Waals surface area contributed by atoms with Crippen LogP contribution in [0, 0.1) is 6.92 Å². The van der Waals surface area contributed by atoms with E-state index in [1.54, 1.807) is 12.3 Å². The van der Waals surface area contributed by atoms with Crippen molar-refractivity contribution >= 4 is 9.84 Å². The molecule has 5 rings (SSSR count). The van der Waals surface area contributed by atoms with Gasteiger partial charge in [-0.05, 0) is 48.4 Å². The molecule has 2 aliphatic heterocycles. The molecule has 138 valence electrons. The highest BCUT2D eigenvalue weighted by Gasteiger charge is 2.50. The molecular formula is C22H21NO3S. The number of furan rings is 1. The molecule has 1 fully saturated rings. The minimum atomic E-state index is -3.27. The van der Waals surface area contributed by atoms with Crippen molar-refractivity contribution in [1.29, 1.82) is 0 Å². The van der Waals surface area contributed by atoms with Gasteiger partial charge in [0, 0.05) is 31.1 Å². The number of rotatable bonds is 3. The van der Waals surface area contributed by atoms with Crippen LogP contribution in [0.15, 0.2) is 70.2 Å². The molecule has 4 nitrogen and oxygen atoms in total. The third-order valence-electron chi connectivity index (χ3n) is 5.75. The molecule has 0 aliphatic carbocycles. The maximum Gasteiger partial charge on any atom is 0.183 e. The van der Waals surface area contributed by atoms with E-state index in [0.717, 1.165) is 30.0 Å². The fourth-order valence-corrected chi connectivity index (χ4v) is 6.71. The van der Waals surface area contributed by atoms with Crippen LogP contribution in [0.4, 0.5) is 0 Å². The predicted octanol–water partition coefficient (Wildman–Crippen LogP) is 4.01. The number of benzene rings is 2. The molecule has 0 saturated carbocycles. The van der Waals surface area contributed by atoms with E-state index in [4.69, 9.17) is 4.42 Å². The minimum Gasteiger partial charge on any atom is -0.464 e. The Bertz CT molecular complexity index is 1100. The second-order valence-corrected chi connectivity index (χ2v) is 9.74. The van der Waals surface area contributed by atoms with Gasteiger partial charge in [0.1, 0.15) is 5.76 Å². The first-order valence-corrected chi connectivity index (χ1v) is 10.8. The summed E-state index contributed by atoms with van der Waals surface area (Å²) < 4.78 is 31.6. The van der Waals surface area contributed by atoms with E-state index in [-0.39, 0.29) is 11.2 Å². The standard InChI is InChI=1S/C22H21NO3S/c1-15-4-2-5-16(10-15)12-23-13-19-18-11-17(20-6-3-9-26-20)7-8-21(18)27(24,25)22(19)14-23/h2-11,19,22H,12-14H2,1H3/t19-,22-/m1/s1. The zero-order chi connectivity index (χ0) is 18.6. The van der Waals surface area contributed by atoms with Gasteiger partial charge in [0.15, 0.2) is 9.84 Å². The Balaban J connectivity index is 1.47. The second-order valence-electron chi connectivity index (χ2n) is 7.60. The lowest BCUT2D eigenvalue weighted by Crippen LogP contribution is -2.25. The van der Waals surface area contributed by atoms with Gasteiger partial charge < -0.3 is 4.42 Å². The summed E-state index contributed by atoms with van der Waals surface area (Å²) in [4.78, 5) is 2.77. The summed E-state index contributed by atoms with van der Waals surface area (Å²) in [6.07, 6.45) is 1.64. The van der Waals surface area contributed by atoms with Gasteiger partial charge in [-0.1, -0.05) is 29.8 Å². The first kappa shape index (κ1) is 16.8. The summed E-state index contributed by atoms with van der Waals surface area (Å²) in [7, 11) is -3.27. The average molecular weight is 379 g/mol. The van der Waals surface area contributed by atoms with E-state index >= 15 is 0 Å². The van der Waals surface area contributed by atoms with E-state index in [0.29, 0.717) is 11.4 Å². The molecule has 0 N–H and O–H groups in total. The van der Waals surface area contributed by atoms with E-state index in [1.807, 2.05) is 24.3 Å². The summed E-state index contributed by atoms with van der Waals surface area (Å²) in [5.74, 6) is 0.804. The fourth-order valence-electron chi connectivity index (χ4n) is 4.52. The molecule has 1 saturated heterocycles. The van der Waals surface area contributed by atoms with Gasteiger partial charge in [-0.25, -0.2) is 8.42 Å². The van der Waals surface area contributed by atoms with Gasteiger partial charge in [0.05, 0.1) is 16.4 Å². The molecule has 3 aromatic rings. The smallest absolute Gasteiger partial charge is 0.183 e. The number of aryl methyl sites for hydroxylation is 1. The quantitative estimate of drug-likeness (QED) is 0.690. The number of fused-ring (bicyclic) bond motifs is 3. The zero-order valence-electron chi connectivity index (χ0n) is 15.1. The molecule has 2 atom stereocenters. The molecule has 3 heterocycles. The highest BCUT2D eigenvalue weighted by Crippen LogP contribution is 2.46.